The summed E-state index contributed by atoms with van der Waals surface area (Å²) >= 11 is 0. The summed E-state index contributed by atoms with van der Waals surface area (Å²) in [5, 5.41) is 0. The molecule has 110 valence electrons. The number of hydrogen-bond donors (Lipinski definition) is 1. The van der Waals surface area contributed by atoms with Crippen molar-refractivity contribution >= 4 is 5.69 Å². The summed E-state index contributed by atoms with van der Waals surface area (Å²) in [4.78, 5) is 2.54. The molecule has 1 aliphatic heterocycles. The number of benzene rings is 1. The summed E-state index contributed by atoms with van der Waals surface area (Å²) in [6.07, 6.45) is 8.67. The van der Waals surface area contributed by atoms with Crippen LogP contribution in [0, 0.1) is 5.41 Å². The van der Waals surface area contributed by atoms with E-state index in [-0.39, 0.29) is 0 Å². The van der Waals surface area contributed by atoms with Crippen molar-refractivity contribution < 1.29 is 4.74 Å². The molecule has 0 atom stereocenters. The van der Waals surface area contributed by atoms with Gasteiger partial charge in [-0.15, -0.1) is 0 Å². The van der Waals surface area contributed by atoms with Crippen molar-refractivity contribution in [3.05, 3.63) is 24.3 Å². The van der Waals surface area contributed by atoms with Crippen molar-refractivity contribution in [2.45, 2.75) is 38.5 Å². The smallest absolute Gasteiger partial charge is 0.119 e. The molecule has 3 rings (SSSR count). The highest BCUT2D eigenvalue weighted by molar-refractivity contribution is 5.41. The third-order valence-electron chi connectivity index (χ3n) is 4.84. The number of nitrogen functional groups attached to an aromatic ring is 1. The molecule has 1 aromatic rings. The molecular formula is C17H26N2O. The van der Waals surface area contributed by atoms with Crippen LogP contribution in [0.5, 0.6) is 5.75 Å². The predicted molar refractivity (Wildman–Crippen MR) is 82.9 cm³/mol. The van der Waals surface area contributed by atoms with Crippen LogP contribution in [0.25, 0.3) is 0 Å². The Morgan fingerprint density at radius 1 is 1.00 bits per heavy atom. The van der Waals surface area contributed by atoms with E-state index < -0.39 is 0 Å². The maximum Gasteiger partial charge on any atom is 0.119 e. The van der Waals surface area contributed by atoms with Crippen LogP contribution in [0.4, 0.5) is 5.69 Å². The Kier molecular flexibility index (Phi) is 4.16. The van der Waals surface area contributed by atoms with E-state index in [2.05, 4.69) is 4.90 Å². The zero-order valence-corrected chi connectivity index (χ0v) is 12.3. The number of rotatable bonds is 4. The molecule has 20 heavy (non-hydrogen) atoms. The first kappa shape index (κ1) is 13.7. The Bertz CT molecular complexity index is 413. The van der Waals surface area contributed by atoms with Gasteiger partial charge in [-0.25, -0.2) is 0 Å². The van der Waals surface area contributed by atoms with Crippen molar-refractivity contribution in [2.24, 2.45) is 5.41 Å². The molecule has 2 aliphatic rings. The van der Waals surface area contributed by atoms with Crippen molar-refractivity contribution in [1.29, 1.82) is 0 Å². The van der Waals surface area contributed by atoms with Crippen LogP contribution in [0.15, 0.2) is 24.3 Å². The van der Waals surface area contributed by atoms with E-state index >= 15 is 0 Å². The fourth-order valence-electron chi connectivity index (χ4n) is 3.71. The fraction of sp³-hybridized carbons (Fsp3) is 0.647. The summed E-state index contributed by atoms with van der Waals surface area (Å²) in [7, 11) is 0. The van der Waals surface area contributed by atoms with Gasteiger partial charge in [-0.1, -0.05) is 25.7 Å². The van der Waals surface area contributed by atoms with Crippen LogP contribution in [0.3, 0.4) is 0 Å². The number of nitrogens with two attached hydrogens (primary N) is 1. The number of hydrogen-bond acceptors (Lipinski definition) is 3. The quantitative estimate of drug-likeness (QED) is 0.856. The largest absolute Gasteiger partial charge is 0.492 e. The zero-order valence-electron chi connectivity index (χ0n) is 12.3. The molecule has 1 heterocycles. The first-order valence-corrected chi connectivity index (χ1v) is 7.97. The maximum absolute atomic E-state index is 5.77. The third-order valence-corrected chi connectivity index (χ3v) is 4.84. The van der Waals surface area contributed by atoms with Crippen LogP contribution < -0.4 is 10.5 Å². The van der Waals surface area contributed by atoms with Crippen molar-refractivity contribution in [2.75, 3.05) is 32.0 Å². The van der Waals surface area contributed by atoms with Crippen molar-refractivity contribution in [3.63, 3.8) is 0 Å². The summed E-state index contributed by atoms with van der Waals surface area (Å²) in [5.74, 6) is 0.920. The Hall–Kier alpha value is -1.22. The second-order valence-corrected chi connectivity index (χ2v) is 6.54. The van der Waals surface area contributed by atoms with Gasteiger partial charge in [0.05, 0.1) is 0 Å². The minimum atomic E-state index is 0.664. The highest BCUT2D eigenvalue weighted by Gasteiger charge is 2.41. The minimum Gasteiger partial charge on any atom is -0.492 e. The van der Waals surface area contributed by atoms with Gasteiger partial charge in [0.1, 0.15) is 12.4 Å². The number of nitrogens with zero attached hydrogens (tertiary/aromatic N) is 1. The zero-order chi connectivity index (χ0) is 13.8. The molecule has 1 spiro atoms. The van der Waals surface area contributed by atoms with E-state index in [0.717, 1.165) is 24.6 Å². The molecule has 3 nitrogen and oxygen atoms in total. The molecule has 1 aromatic carbocycles. The van der Waals surface area contributed by atoms with Gasteiger partial charge in [-0.05, 0) is 42.5 Å². The van der Waals surface area contributed by atoms with Gasteiger partial charge in [-0.3, -0.25) is 4.90 Å². The van der Waals surface area contributed by atoms with Gasteiger partial charge in [0.15, 0.2) is 0 Å². The number of ether oxygens (including phenoxy) is 1. The average molecular weight is 274 g/mol. The summed E-state index contributed by atoms with van der Waals surface area (Å²) in [5.41, 5.74) is 7.11. The Labute approximate surface area is 122 Å². The highest BCUT2D eigenvalue weighted by Crippen LogP contribution is 2.42. The predicted octanol–water partition coefficient (Wildman–Crippen LogP) is 3.30. The summed E-state index contributed by atoms with van der Waals surface area (Å²) in [6, 6.07) is 7.66. The van der Waals surface area contributed by atoms with Gasteiger partial charge in [0.2, 0.25) is 0 Å². The average Bonchev–Trinajstić information content (AvgIpc) is 2.66. The monoisotopic (exact) mass is 274 g/mol. The van der Waals surface area contributed by atoms with Gasteiger partial charge in [-0.2, -0.15) is 0 Å². The second kappa shape index (κ2) is 6.04. The molecule has 0 radical (unpaired) electrons. The molecule has 3 heteroatoms. The van der Waals surface area contributed by atoms with Crippen LogP contribution in [0.1, 0.15) is 38.5 Å². The topological polar surface area (TPSA) is 38.5 Å². The molecule has 0 aromatic heterocycles. The molecule has 0 amide bonds. The fourth-order valence-corrected chi connectivity index (χ4v) is 3.71. The molecule has 1 saturated carbocycles. The molecule has 1 aliphatic carbocycles. The Morgan fingerprint density at radius 2 is 1.65 bits per heavy atom. The summed E-state index contributed by atoms with van der Waals surface area (Å²) in [6.45, 7) is 4.41. The molecule has 1 saturated heterocycles. The molecule has 2 N–H and O–H groups in total. The van der Waals surface area contributed by atoms with E-state index in [0.29, 0.717) is 5.41 Å². The maximum atomic E-state index is 5.77. The Balaban J connectivity index is 1.37. The minimum absolute atomic E-state index is 0.664. The first-order valence-electron chi connectivity index (χ1n) is 7.97. The highest BCUT2D eigenvalue weighted by atomic mass is 16.5. The van der Waals surface area contributed by atoms with Gasteiger partial charge in [0, 0.05) is 25.3 Å². The van der Waals surface area contributed by atoms with E-state index in [1.807, 2.05) is 24.3 Å². The standard InChI is InChI=1S/C17H26N2O/c18-15-5-7-16(8-6-15)20-12-11-19-13-17(14-19)9-3-1-2-4-10-17/h5-8H,1-4,9-14,18H2. The van der Waals surface area contributed by atoms with Gasteiger partial charge >= 0.3 is 0 Å². The lowest BCUT2D eigenvalue weighted by Crippen LogP contribution is -2.56. The first-order chi connectivity index (χ1) is 9.76. The van der Waals surface area contributed by atoms with Crippen LogP contribution >= 0.6 is 0 Å². The molecule has 2 fully saturated rings. The molecule has 0 bridgehead atoms. The molecular weight excluding hydrogens is 248 g/mol. The Morgan fingerprint density at radius 3 is 2.30 bits per heavy atom. The van der Waals surface area contributed by atoms with E-state index in [1.165, 1.54) is 51.6 Å². The van der Waals surface area contributed by atoms with Crippen LogP contribution in [0.2, 0.25) is 0 Å². The van der Waals surface area contributed by atoms with E-state index in [1.54, 1.807) is 0 Å². The van der Waals surface area contributed by atoms with E-state index in [9.17, 15) is 0 Å². The van der Waals surface area contributed by atoms with Gasteiger partial charge in [0.25, 0.3) is 0 Å². The lowest BCUT2D eigenvalue weighted by atomic mass is 9.73. The van der Waals surface area contributed by atoms with Crippen molar-refractivity contribution in [1.82, 2.24) is 4.90 Å². The molecule has 0 unspecified atom stereocenters. The van der Waals surface area contributed by atoms with Crippen LogP contribution in [-0.2, 0) is 0 Å². The second-order valence-electron chi connectivity index (χ2n) is 6.54. The number of anilines is 1. The SMILES string of the molecule is Nc1ccc(OCCN2CC3(CCCCCC3)C2)cc1. The summed E-state index contributed by atoms with van der Waals surface area (Å²) < 4.78 is 5.77. The number of likely N-dealkylation sites (tertiary alicyclic amines) is 1. The normalized spacial score (nSPS) is 22.2. The van der Waals surface area contributed by atoms with Gasteiger partial charge < -0.3 is 10.5 Å². The lowest BCUT2D eigenvalue weighted by molar-refractivity contribution is -0.0182. The lowest BCUT2D eigenvalue weighted by Gasteiger charge is -2.50. The van der Waals surface area contributed by atoms with Crippen molar-refractivity contribution in [3.8, 4) is 5.75 Å². The van der Waals surface area contributed by atoms with E-state index in [4.69, 9.17) is 10.5 Å². The van der Waals surface area contributed by atoms with Crippen LogP contribution in [-0.4, -0.2) is 31.1 Å². The third kappa shape index (κ3) is 3.26.